The van der Waals surface area contributed by atoms with Crippen molar-refractivity contribution in [2.24, 2.45) is 28.7 Å². The molecule has 8 rings (SSSR count). The Morgan fingerprint density at radius 2 is 1.51 bits per heavy atom. The number of hydrogen-bond acceptors (Lipinski definition) is 4. The molecule has 0 radical (unpaired) electrons. The molecule has 0 saturated heterocycles. The molecule has 0 amide bonds. The fourth-order valence-corrected chi connectivity index (χ4v) is 8.70. The van der Waals surface area contributed by atoms with Crippen LogP contribution in [0.2, 0.25) is 0 Å². The molecule has 5 aliphatic rings. The van der Waals surface area contributed by atoms with E-state index in [0.717, 1.165) is 41.6 Å². The summed E-state index contributed by atoms with van der Waals surface area (Å²) in [6, 6.07) is 27.7. The highest BCUT2D eigenvalue weighted by molar-refractivity contribution is 8.14. The second kappa shape index (κ2) is 15.1. The van der Waals surface area contributed by atoms with Gasteiger partial charge in [-0.05, 0) is 58.4 Å². The minimum atomic E-state index is -0.556. The number of nitrogens with one attached hydrogen (secondary N) is 3. The summed E-state index contributed by atoms with van der Waals surface area (Å²) in [5.74, 6) is 1.39. The van der Waals surface area contributed by atoms with Crippen molar-refractivity contribution in [1.82, 2.24) is 5.32 Å². The summed E-state index contributed by atoms with van der Waals surface area (Å²) in [6.45, 7) is 0. The number of rotatable bonds is 8. The molecule has 0 bridgehead atoms. The zero-order valence-electron chi connectivity index (χ0n) is 28.6. The summed E-state index contributed by atoms with van der Waals surface area (Å²) in [5, 5.41) is 15.2. The van der Waals surface area contributed by atoms with Gasteiger partial charge >= 0.3 is 0 Å². The fourth-order valence-electron chi connectivity index (χ4n) is 7.68. The van der Waals surface area contributed by atoms with Crippen LogP contribution in [0.5, 0.6) is 0 Å². The summed E-state index contributed by atoms with van der Waals surface area (Å²) in [6.07, 6.45) is 33.7. The quantitative estimate of drug-likeness (QED) is 0.184. The van der Waals surface area contributed by atoms with Crippen LogP contribution in [0.4, 0.5) is 0 Å². The summed E-state index contributed by atoms with van der Waals surface area (Å²) < 4.78 is 0. The van der Waals surface area contributed by atoms with E-state index in [1.54, 1.807) is 0 Å². The zero-order chi connectivity index (χ0) is 34.6. The number of benzene rings is 3. The first-order valence-electron chi connectivity index (χ1n) is 18.1. The molecule has 1 aliphatic heterocycles. The molecule has 7 atom stereocenters. The van der Waals surface area contributed by atoms with E-state index < -0.39 is 5.37 Å². The second-order valence-corrected chi connectivity index (χ2v) is 15.1. The summed E-state index contributed by atoms with van der Waals surface area (Å²) in [5.41, 5.74) is 15.5. The van der Waals surface area contributed by atoms with E-state index in [2.05, 4.69) is 163 Å². The van der Waals surface area contributed by atoms with Crippen LogP contribution in [0.1, 0.15) is 41.9 Å². The van der Waals surface area contributed by atoms with Gasteiger partial charge in [-0.1, -0.05) is 163 Å². The topological polar surface area (TPSA) is 72.0 Å². The van der Waals surface area contributed by atoms with Crippen molar-refractivity contribution < 1.29 is 0 Å². The lowest BCUT2D eigenvalue weighted by Crippen LogP contribution is -2.42. The summed E-state index contributed by atoms with van der Waals surface area (Å²) in [7, 11) is 0. The van der Waals surface area contributed by atoms with Crippen molar-refractivity contribution in [2.45, 2.75) is 36.6 Å². The predicted octanol–water partition coefficient (Wildman–Crippen LogP) is 9.28. The second-order valence-electron chi connectivity index (χ2n) is 13.9. The van der Waals surface area contributed by atoms with Crippen molar-refractivity contribution in [3.63, 3.8) is 0 Å². The van der Waals surface area contributed by atoms with Crippen LogP contribution in [0.15, 0.2) is 162 Å². The number of nitrogens with zero attached hydrogens (tertiary/aromatic N) is 1. The summed E-state index contributed by atoms with van der Waals surface area (Å²) >= 11 is 1.40. The molecule has 4 nitrogen and oxygen atoms in total. The van der Waals surface area contributed by atoms with Crippen LogP contribution < -0.4 is 15.8 Å². The van der Waals surface area contributed by atoms with Crippen LogP contribution in [0.3, 0.4) is 0 Å². The van der Waals surface area contributed by atoms with Gasteiger partial charge in [0.05, 0.1) is 11.1 Å². The smallest absolute Gasteiger partial charge is 0.133 e. The van der Waals surface area contributed by atoms with Crippen LogP contribution in [-0.2, 0) is 0 Å². The third-order valence-electron chi connectivity index (χ3n) is 10.6. The third-order valence-corrected chi connectivity index (χ3v) is 11.7. The van der Waals surface area contributed by atoms with Gasteiger partial charge in [-0.2, -0.15) is 0 Å². The minimum absolute atomic E-state index is 0.00942. The van der Waals surface area contributed by atoms with Gasteiger partial charge in [0.1, 0.15) is 5.84 Å². The Balaban J connectivity index is 1.01. The number of aliphatic imine (C=N–C) groups is 1. The van der Waals surface area contributed by atoms with Crippen LogP contribution in [-0.4, -0.2) is 22.3 Å². The van der Waals surface area contributed by atoms with Crippen molar-refractivity contribution >= 4 is 40.4 Å². The molecule has 0 saturated carbocycles. The Kier molecular flexibility index (Phi) is 9.83. The first kappa shape index (κ1) is 33.2. The molecular formula is C46H43N4S-. The largest absolute Gasteiger partial charge is 0.665 e. The Bertz CT molecular complexity index is 2150. The molecule has 7 unspecified atom stereocenters. The lowest BCUT2D eigenvalue weighted by molar-refractivity contribution is 0.534. The fraction of sp³-hybridized carbons (Fsp3) is 0.217. The van der Waals surface area contributed by atoms with E-state index in [4.69, 9.17) is 4.99 Å². The predicted molar refractivity (Wildman–Crippen MR) is 217 cm³/mol. The monoisotopic (exact) mass is 683 g/mol. The molecule has 3 aromatic carbocycles. The van der Waals surface area contributed by atoms with Crippen LogP contribution in [0.25, 0.3) is 23.5 Å². The number of amidine groups is 1. The number of fused-ring (bicyclic) bond motifs is 1. The number of hydrogen-bond donors (Lipinski definition) is 2. The minimum Gasteiger partial charge on any atom is -0.665 e. The van der Waals surface area contributed by atoms with Gasteiger partial charge < -0.3 is 11.1 Å². The Morgan fingerprint density at radius 3 is 2.22 bits per heavy atom. The van der Waals surface area contributed by atoms with Crippen molar-refractivity contribution in [3.8, 4) is 0 Å². The van der Waals surface area contributed by atoms with Crippen molar-refractivity contribution in [3.05, 3.63) is 190 Å². The molecule has 254 valence electrons. The number of thioether (sulfide) groups is 1. The van der Waals surface area contributed by atoms with Crippen molar-refractivity contribution in [1.29, 1.82) is 5.41 Å². The van der Waals surface area contributed by atoms with Crippen LogP contribution >= 0.6 is 11.8 Å². The highest BCUT2D eigenvalue weighted by Gasteiger charge is 2.32. The Labute approximate surface area is 305 Å². The molecule has 0 spiro atoms. The van der Waals surface area contributed by atoms with Crippen LogP contribution in [0, 0.1) is 29.1 Å². The van der Waals surface area contributed by atoms with E-state index in [1.165, 1.54) is 33.7 Å². The van der Waals surface area contributed by atoms with E-state index in [1.807, 2.05) is 6.07 Å². The van der Waals surface area contributed by atoms with E-state index >= 15 is 0 Å². The van der Waals surface area contributed by atoms with Crippen molar-refractivity contribution in [2.75, 3.05) is 0 Å². The maximum atomic E-state index is 9.56. The molecule has 51 heavy (non-hydrogen) atoms. The summed E-state index contributed by atoms with van der Waals surface area (Å²) in [4.78, 5) is 5.21. The average Bonchev–Trinajstić information content (AvgIpc) is 3.21. The molecule has 5 heteroatoms. The first-order valence-corrected chi connectivity index (χ1v) is 19.0. The van der Waals surface area contributed by atoms with Gasteiger partial charge in [-0.25, -0.2) is 0 Å². The average molecular weight is 684 g/mol. The lowest BCUT2D eigenvalue weighted by atomic mass is 9.81. The van der Waals surface area contributed by atoms with Gasteiger partial charge in [0.15, 0.2) is 0 Å². The van der Waals surface area contributed by atoms with Gasteiger partial charge in [0.25, 0.3) is 0 Å². The number of allylic oxidation sites excluding steroid dienone is 12. The highest BCUT2D eigenvalue weighted by Crippen LogP contribution is 2.38. The Hall–Kier alpha value is -4.97. The van der Waals surface area contributed by atoms with Gasteiger partial charge in [0.2, 0.25) is 0 Å². The molecule has 4 aliphatic carbocycles. The van der Waals surface area contributed by atoms with Gasteiger partial charge in [-0.15, -0.1) is 11.8 Å². The lowest BCUT2D eigenvalue weighted by Gasteiger charge is -2.38. The van der Waals surface area contributed by atoms with E-state index in [-0.39, 0.29) is 29.7 Å². The first-order chi connectivity index (χ1) is 25.1. The maximum Gasteiger partial charge on any atom is 0.133 e. The van der Waals surface area contributed by atoms with Gasteiger partial charge in [-0.3, -0.25) is 10.4 Å². The maximum absolute atomic E-state index is 9.56. The molecule has 3 aromatic rings. The SMILES string of the molecule is N=C(SC([NH-])C1C=c2ccccc2=CC1C1=CC(C2C=CC=CC2)N=C(c2ccccc2)N1)C1C=CC(c2ccc(C3C=CC=CC3)cc2)=CC1. The molecule has 3 N–H and O–H groups in total. The third kappa shape index (κ3) is 7.42. The highest BCUT2D eigenvalue weighted by atomic mass is 32.2. The normalized spacial score (nSPS) is 26.8. The molecule has 1 heterocycles. The van der Waals surface area contributed by atoms with E-state index in [9.17, 15) is 11.1 Å². The Morgan fingerprint density at radius 1 is 0.765 bits per heavy atom. The zero-order valence-corrected chi connectivity index (χ0v) is 29.4. The van der Waals surface area contributed by atoms with Gasteiger partial charge in [0, 0.05) is 34.9 Å². The standard InChI is InChI=1S/C46H43N4S/c47-44(36-26-24-34(25-27-36)33-22-20-32(21-23-33)31-12-4-1-5-13-31)51-45(48)41-29-39-19-11-10-18-38(39)28-40(41)43-30-42(35-14-6-2-7-15-35)49-46(50-43)37-16-8-3-9-17-37/h1-12,14,16-26,28-31,35-36,40-42,45,47-48H,13,15,27H2,(H,49,50)/q-1. The molecular weight excluding hydrogens is 641 g/mol. The van der Waals surface area contributed by atoms with E-state index in [0.29, 0.717) is 11.0 Å². The molecule has 0 fully saturated rings. The molecule has 0 aromatic heterocycles.